The number of carbonyl (C=O) groups excluding carboxylic acids is 2. The summed E-state index contributed by atoms with van der Waals surface area (Å²) in [4.78, 5) is 26.2. The van der Waals surface area contributed by atoms with Crippen molar-refractivity contribution in [1.82, 2.24) is 4.57 Å². The van der Waals surface area contributed by atoms with Crippen LogP contribution in [0.5, 0.6) is 0 Å². The quantitative estimate of drug-likeness (QED) is 0.735. The van der Waals surface area contributed by atoms with E-state index >= 15 is 0 Å². The molecular weight excluding hydrogens is 368 g/mol. The fourth-order valence-electron chi connectivity index (χ4n) is 4.02. The van der Waals surface area contributed by atoms with Gasteiger partial charge in [-0.15, -0.1) is 0 Å². The van der Waals surface area contributed by atoms with Crippen LogP contribution in [0, 0.1) is 5.41 Å². The number of aldehydes is 1. The van der Waals surface area contributed by atoms with Crippen LogP contribution >= 0.6 is 15.9 Å². The van der Waals surface area contributed by atoms with Gasteiger partial charge in [0.15, 0.2) is 6.29 Å². The lowest BCUT2D eigenvalue weighted by atomic mass is 9.90. The van der Waals surface area contributed by atoms with Gasteiger partial charge in [0, 0.05) is 23.3 Å². The Kier molecular flexibility index (Phi) is 3.46. The van der Waals surface area contributed by atoms with Crippen LogP contribution in [0.15, 0.2) is 28.7 Å². The lowest BCUT2D eigenvalue weighted by Gasteiger charge is -2.31. The topological polar surface area (TPSA) is 42.3 Å². The number of hydrogen-bond acceptors (Lipinski definition) is 2. The van der Waals surface area contributed by atoms with Crippen LogP contribution in [0.3, 0.4) is 0 Å². The molecule has 4 rings (SSSR count). The highest BCUT2D eigenvalue weighted by Gasteiger charge is 2.37. The Morgan fingerprint density at radius 3 is 2.75 bits per heavy atom. The second kappa shape index (κ2) is 5.31. The van der Waals surface area contributed by atoms with Gasteiger partial charge in [0.2, 0.25) is 0 Å². The summed E-state index contributed by atoms with van der Waals surface area (Å²) in [5.74, 6) is -0.0188. The second-order valence-electron chi connectivity index (χ2n) is 7.42. The second-order valence-corrected chi connectivity index (χ2v) is 8.27. The molecule has 0 atom stereocenters. The number of carbonyl (C=O) groups is 2. The number of nitrogens with zero attached hydrogens (tertiary/aromatic N) is 2. The van der Waals surface area contributed by atoms with Crippen molar-refractivity contribution in [3.05, 3.63) is 51.3 Å². The first-order valence-electron chi connectivity index (χ1n) is 8.18. The molecule has 0 unspecified atom stereocenters. The summed E-state index contributed by atoms with van der Waals surface area (Å²) in [6, 6.07) is 7.57. The molecule has 2 heterocycles. The Labute approximate surface area is 149 Å². The number of fused-ring (bicyclic) bond motifs is 3. The van der Waals surface area contributed by atoms with E-state index in [2.05, 4.69) is 40.4 Å². The van der Waals surface area contributed by atoms with Crippen molar-refractivity contribution in [2.24, 2.45) is 5.41 Å². The maximum atomic E-state index is 13.0. The lowest BCUT2D eigenvalue weighted by molar-refractivity contribution is 0.0964. The SMILES string of the molecule is CC1(C)Cc2cc3n(c2C1)CCN(c1cccc(Br)c1C=O)C3=O. The minimum absolute atomic E-state index is 0.0188. The van der Waals surface area contributed by atoms with Crippen molar-refractivity contribution < 1.29 is 9.59 Å². The van der Waals surface area contributed by atoms with Crippen LogP contribution in [0.1, 0.15) is 46.0 Å². The number of amides is 1. The van der Waals surface area contributed by atoms with E-state index in [0.29, 0.717) is 22.3 Å². The van der Waals surface area contributed by atoms with Gasteiger partial charge >= 0.3 is 0 Å². The van der Waals surface area contributed by atoms with Crippen molar-refractivity contribution in [2.75, 3.05) is 11.4 Å². The molecule has 1 aromatic carbocycles. The van der Waals surface area contributed by atoms with Crippen LogP contribution in [-0.4, -0.2) is 23.3 Å². The van der Waals surface area contributed by atoms with Crippen molar-refractivity contribution in [3.63, 3.8) is 0 Å². The maximum absolute atomic E-state index is 13.0. The van der Waals surface area contributed by atoms with E-state index in [1.165, 1.54) is 11.3 Å². The number of halogens is 1. The molecule has 5 heteroatoms. The smallest absolute Gasteiger partial charge is 0.274 e. The van der Waals surface area contributed by atoms with Gasteiger partial charge in [0.25, 0.3) is 5.91 Å². The van der Waals surface area contributed by atoms with Crippen LogP contribution in [0.25, 0.3) is 0 Å². The van der Waals surface area contributed by atoms with Gasteiger partial charge in [0.05, 0.1) is 11.3 Å². The number of benzene rings is 1. The van der Waals surface area contributed by atoms with Gasteiger partial charge in [-0.3, -0.25) is 9.59 Å². The molecular formula is C19H19BrN2O2. The first-order chi connectivity index (χ1) is 11.4. The highest BCUT2D eigenvalue weighted by molar-refractivity contribution is 9.10. The standard InChI is InChI=1S/C19H19BrN2O2/c1-19(2)9-12-8-16-18(24)22(7-6-21(16)17(12)10-19)15-5-3-4-14(20)13(15)11-23/h3-5,8,11H,6-7,9-10H2,1-2H3. The third-order valence-electron chi connectivity index (χ3n) is 5.06. The van der Waals surface area contributed by atoms with Crippen molar-refractivity contribution in [3.8, 4) is 0 Å². The van der Waals surface area contributed by atoms with Crippen LogP contribution in [0.4, 0.5) is 5.69 Å². The summed E-state index contributed by atoms with van der Waals surface area (Å²) in [6.07, 6.45) is 2.85. The van der Waals surface area contributed by atoms with Crippen LogP contribution in [-0.2, 0) is 19.4 Å². The molecule has 2 aliphatic rings. The molecule has 0 N–H and O–H groups in total. The van der Waals surface area contributed by atoms with Crippen molar-refractivity contribution >= 4 is 33.8 Å². The van der Waals surface area contributed by atoms with Crippen LogP contribution < -0.4 is 4.90 Å². The molecule has 1 aliphatic carbocycles. The molecule has 2 aromatic rings. The van der Waals surface area contributed by atoms with Gasteiger partial charge < -0.3 is 9.47 Å². The predicted octanol–water partition coefficient (Wildman–Crippen LogP) is 3.85. The first-order valence-corrected chi connectivity index (χ1v) is 8.97. The summed E-state index contributed by atoms with van der Waals surface area (Å²) < 4.78 is 2.90. The molecule has 0 bridgehead atoms. The molecule has 4 nitrogen and oxygen atoms in total. The normalized spacial score (nSPS) is 18.5. The zero-order valence-corrected chi connectivity index (χ0v) is 15.4. The van der Waals surface area contributed by atoms with Gasteiger partial charge in [-0.1, -0.05) is 19.9 Å². The molecule has 1 aliphatic heterocycles. The van der Waals surface area contributed by atoms with E-state index in [-0.39, 0.29) is 11.3 Å². The highest BCUT2D eigenvalue weighted by atomic mass is 79.9. The van der Waals surface area contributed by atoms with Gasteiger partial charge in [-0.2, -0.15) is 0 Å². The van der Waals surface area contributed by atoms with E-state index in [1.807, 2.05) is 18.2 Å². The zero-order valence-electron chi connectivity index (χ0n) is 13.8. The number of anilines is 1. The average molecular weight is 387 g/mol. The minimum atomic E-state index is -0.0188. The highest BCUT2D eigenvalue weighted by Crippen LogP contribution is 2.39. The summed E-state index contributed by atoms with van der Waals surface area (Å²) >= 11 is 3.40. The summed E-state index contributed by atoms with van der Waals surface area (Å²) in [6.45, 7) is 5.91. The fourth-order valence-corrected chi connectivity index (χ4v) is 4.47. The van der Waals surface area contributed by atoms with E-state index < -0.39 is 0 Å². The van der Waals surface area contributed by atoms with Gasteiger partial charge in [-0.25, -0.2) is 0 Å². The monoisotopic (exact) mass is 386 g/mol. The third kappa shape index (κ3) is 2.25. The van der Waals surface area contributed by atoms with Crippen molar-refractivity contribution in [1.29, 1.82) is 0 Å². The molecule has 0 saturated heterocycles. The van der Waals surface area contributed by atoms with Crippen LogP contribution in [0.2, 0.25) is 0 Å². The zero-order chi connectivity index (χ0) is 17.1. The first kappa shape index (κ1) is 15.6. The largest absolute Gasteiger partial charge is 0.339 e. The minimum Gasteiger partial charge on any atom is -0.339 e. The Hall–Kier alpha value is -1.88. The maximum Gasteiger partial charge on any atom is 0.274 e. The molecule has 124 valence electrons. The third-order valence-corrected chi connectivity index (χ3v) is 5.75. The molecule has 0 spiro atoms. The molecule has 0 radical (unpaired) electrons. The lowest BCUT2D eigenvalue weighted by Crippen LogP contribution is -2.41. The Bertz CT molecular complexity index is 866. The Morgan fingerprint density at radius 2 is 2.00 bits per heavy atom. The van der Waals surface area contributed by atoms with E-state index in [1.54, 1.807) is 4.90 Å². The molecule has 0 saturated carbocycles. The summed E-state index contributed by atoms with van der Waals surface area (Å²) in [7, 11) is 0. The Balaban J connectivity index is 1.75. The molecule has 1 amide bonds. The summed E-state index contributed by atoms with van der Waals surface area (Å²) in [5, 5.41) is 0. The van der Waals surface area contributed by atoms with Gasteiger partial charge in [-0.05, 0) is 57.9 Å². The number of hydrogen-bond donors (Lipinski definition) is 0. The molecule has 24 heavy (non-hydrogen) atoms. The number of aromatic nitrogens is 1. The average Bonchev–Trinajstić information content (AvgIpc) is 3.00. The van der Waals surface area contributed by atoms with E-state index in [0.717, 1.165) is 31.4 Å². The predicted molar refractivity (Wildman–Crippen MR) is 96.8 cm³/mol. The Morgan fingerprint density at radius 1 is 1.21 bits per heavy atom. The molecule has 0 fully saturated rings. The van der Waals surface area contributed by atoms with E-state index in [9.17, 15) is 9.59 Å². The van der Waals surface area contributed by atoms with E-state index in [4.69, 9.17) is 0 Å². The van der Waals surface area contributed by atoms with Gasteiger partial charge in [0.1, 0.15) is 5.69 Å². The number of rotatable bonds is 2. The fraction of sp³-hybridized carbons (Fsp3) is 0.368. The molecule has 1 aromatic heterocycles. The summed E-state index contributed by atoms with van der Waals surface area (Å²) in [5.41, 5.74) is 4.85. The van der Waals surface area contributed by atoms with Crippen molar-refractivity contribution in [2.45, 2.75) is 33.2 Å².